The van der Waals surface area contributed by atoms with Gasteiger partial charge in [0.15, 0.2) is 14.6 Å². The molecule has 0 N–H and O–H groups in total. The number of hydrogen-bond donors (Lipinski definition) is 0. The Morgan fingerprint density at radius 2 is 2.06 bits per heavy atom. The molecule has 9 nitrogen and oxygen atoms in total. The highest BCUT2D eigenvalue weighted by Crippen LogP contribution is 2.20. The zero-order valence-electron chi connectivity index (χ0n) is 18.7. The van der Waals surface area contributed by atoms with Gasteiger partial charge in [0.05, 0.1) is 22.9 Å². The van der Waals surface area contributed by atoms with Crippen LogP contribution in [0.3, 0.4) is 0 Å². The second-order valence-electron chi connectivity index (χ2n) is 8.08. The maximum absolute atomic E-state index is 12.5. The number of carbonyl (C=O) groups excluding carboxylic acids is 3. The first kappa shape index (κ1) is 24.8. The number of amides is 2. The first-order valence-corrected chi connectivity index (χ1v) is 13.2. The van der Waals surface area contributed by atoms with Gasteiger partial charge in [0, 0.05) is 19.6 Å². The summed E-state index contributed by atoms with van der Waals surface area (Å²) in [5.41, 5.74) is 1.07. The molecule has 3 rings (SSSR count). The Labute approximate surface area is 196 Å². The predicted octanol–water partition coefficient (Wildman–Crippen LogP) is 1.78. The monoisotopic (exact) mass is 493 g/mol. The van der Waals surface area contributed by atoms with E-state index in [4.69, 9.17) is 4.74 Å². The molecule has 0 saturated carbocycles. The molecule has 1 aromatic carbocycles. The quantitative estimate of drug-likeness (QED) is 0.429. The molecule has 33 heavy (non-hydrogen) atoms. The molecule has 1 unspecified atom stereocenters. The van der Waals surface area contributed by atoms with Gasteiger partial charge in [-0.3, -0.25) is 9.59 Å². The van der Waals surface area contributed by atoms with Crippen molar-refractivity contribution < 1.29 is 27.5 Å². The van der Waals surface area contributed by atoms with E-state index >= 15 is 0 Å². The summed E-state index contributed by atoms with van der Waals surface area (Å²) in [5.74, 6) is -3.05. The number of benzene rings is 1. The van der Waals surface area contributed by atoms with Crippen molar-refractivity contribution in [2.45, 2.75) is 26.3 Å². The number of esters is 1. The van der Waals surface area contributed by atoms with Crippen LogP contribution in [0.15, 0.2) is 35.8 Å². The fourth-order valence-corrected chi connectivity index (χ4v) is 5.98. The number of piperidine rings is 1. The molecule has 1 aromatic heterocycles. The molecule has 11 heteroatoms. The molecule has 2 heterocycles. The third-order valence-corrected chi connectivity index (χ3v) is 7.75. The molecular weight excluding hydrogens is 466 g/mol. The Morgan fingerprint density at radius 3 is 2.73 bits per heavy atom. The van der Waals surface area contributed by atoms with Crippen LogP contribution in [0.4, 0.5) is 0 Å². The van der Waals surface area contributed by atoms with Gasteiger partial charge >= 0.3 is 5.97 Å². The van der Waals surface area contributed by atoms with Crippen molar-refractivity contribution in [3.8, 4) is 0 Å². The normalized spacial score (nSPS) is 17.2. The van der Waals surface area contributed by atoms with E-state index in [1.165, 1.54) is 7.11 Å². The lowest BCUT2D eigenvalue weighted by atomic mass is 10.0. The van der Waals surface area contributed by atoms with E-state index in [1.807, 2.05) is 6.92 Å². The van der Waals surface area contributed by atoms with Gasteiger partial charge in [-0.25, -0.2) is 13.2 Å². The number of likely N-dealkylation sites (tertiary alicyclic amines) is 1. The van der Waals surface area contributed by atoms with E-state index in [-0.39, 0.29) is 4.80 Å². The minimum atomic E-state index is -3.96. The van der Waals surface area contributed by atoms with Crippen LogP contribution in [0.2, 0.25) is 0 Å². The van der Waals surface area contributed by atoms with E-state index in [2.05, 4.69) is 11.6 Å². The van der Waals surface area contributed by atoms with Crippen LogP contribution in [0.25, 0.3) is 10.2 Å². The average Bonchev–Trinajstić information content (AvgIpc) is 3.08. The Balaban J connectivity index is 1.82. The molecule has 0 spiro atoms. The Kier molecular flexibility index (Phi) is 7.85. The van der Waals surface area contributed by atoms with Crippen LogP contribution in [0.1, 0.15) is 30.1 Å². The van der Waals surface area contributed by atoms with E-state index in [0.29, 0.717) is 35.8 Å². The molecule has 2 aromatic rings. The highest BCUT2D eigenvalue weighted by atomic mass is 32.2. The number of nitrogens with zero attached hydrogens (tertiary/aromatic N) is 3. The Morgan fingerprint density at radius 1 is 1.30 bits per heavy atom. The highest BCUT2D eigenvalue weighted by Gasteiger charge is 2.27. The number of aromatic nitrogens is 1. The van der Waals surface area contributed by atoms with Gasteiger partial charge < -0.3 is 14.2 Å². The summed E-state index contributed by atoms with van der Waals surface area (Å²) in [6.45, 7) is 7.13. The average molecular weight is 494 g/mol. The number of fused-ring (bicyclic) bond motifs is 1. The van der Waals surface area contributed by atoms with Crippen LogP contribution in [0, 0.1) is 5.92 Å². The number of sulfone groups is 1. The summed E-state index contributed by atoms with van der Waals surface area (Å²) in [5, 5.41) is 0. The second-order valence-corrected chi connectivity index (χ2v) is 11.2. The van der Waals surface area contributed by atoms with Crippen molar-refractivity contribution in [3.05, 3.63) is 41.2 Å². The Bertz CT molecular complexity index is 1260. The summed E-state index contributed by atoms with van der Waals surface area (Å²) in [4.78, 5) is 42.6. The van der Waals surface area contributed by atoms with Crippen molar-refractivity contribution in [1.29, 1.82) is 0 Å². The van der Waals surface area contributed by atoms with Crippen molar-refractivity contribution in [2.75, 3.05) is 31.7 Å². The number of thiazole rings is 1. The van der Waals surface area contributed by atoms with Crippen LogP contribution >= 0.6 is 11.3 Å². The lowest BCUT2D eigenvalue weighted by Gasteiger charge is -2.30. The minimum absolute atomic E-state index is 0.281. The molecule has 1 aliphatic rings. The number of carbonyl (C=O) groups is 3. The fraction of sp³-hybridized carbons (Fsp3) is 0.455. The first-order valence-electron chi connectivity index (χ1n) is 10.5. The number of hydrogen-bond acceptors (Lipinski definition) is 7. The number of ether oxygens (including phenoxy) is 1. The topological polar surface area (TPSA) is 115 Å². The van der Waals surface area contributed by atoms with E-state index in [0.717, 1.165) is 29.7 Å². The van der Waals surface area contributed by atoms with Crippen molar-refractivity contribution in [1.82, 2.24) is 9.47 Å². The largest absolute Gasteiger partial charge is 0.465 e. The molecule has 0 bridgehead atoms. The van der Waals surface area contributed by atoms with Gasteiger partial charge in [-0.2, -0.15) is 4.99 Å². The number of rotatable bonds is 7. The maximum atomic E-state index is 12.5. The summed E-state index contributed by atoms with van der Waals surface area (Å²) >= 11 is 1.15. The molecule has 1 fully saturated rings. The molecule has 1 aliphatic heterocycles. The zero-order chi connectivity index (χ0) is 24.2. The molecule has 0 radical (unpaired) electrons. The summed E-state index contributed by atoms with van der Waals surface area (Å²) in [7, 11) is -2.68. The minimum Gasteiger partial charge on any atom is -0.465 e. The summed E-state index contributed by atoms with van der Waals surface area (Å²) in [6.07, 6.45) is 3.47. The third kappa shape index (κ3) is 6.17. The fourth-order valence-electron chi connectivity index (χ4n) is 3.78. The molecule has 1 saturated heterocycles. The van der Waals surface area contributed by atoms with Crippen LogP contribution < -0.4 is 4.80 Å². The van der Waals surface area contributed by atoms with Gasteiger partial charge in [0.25, 0.3) is 5.91 Å². The van der Waals surface area contributed by atoms with Gasteiger partial charge in [0.1, 0.15) is 11.5 Å². The van der Waals surface area contributed by atoms with Gasteiger partial charge in [-0.1, -0.05) is 24.3 Å². The highest BCUT2D eigenvalue weighted by molar-refractivity contribution is 7.92. The predicted molar refractivity (Wildman–Crippen MR) is 126 cm³/mol. The van der Waals surface area contributed by atoms with Crippen LogP contribution in [-0.2, 0) is 30.7 Å². The third-order valence-electron chi connectivity index (χ3n) is 5.33. The molecular formula is C22H27N3O6S2. The lowest BCUT2D eigenvalue weighted by molar-refractivity contribution is -0.130. The van der Waals surface area contributed by atoms with Gasteiger partial charge in [-0.05, 0) is 37.0 Å². The molecule has 178 valence electrons. The zero-order valence-corrected chi connectivity index (χ0v) is 20.3. The van der Waals surface area contributed by atoms with Crippen molar-refractivity contribution in [2.24, 2.45) is 10.9 Å². The van der Waals surface area contributed by atoms with Gasteiger partial charge in [-0.15, -0.1) is 6.58 Å². The lowest BCUT2D eigenvalue weighted by Crippen LogP contribution is -2.42. The smallest absolute Gasteiger partial charge is 0.337 e. The standard InChI is InChI=1S/C22H27N3O6S2/c1-4-9-25-17-8-7-16(21(28)31-3)11-18(17)32-22(25)23-19(26)13-33(29,30)14-20(27)24-10-5-6-15(2)12-24/h4,7-8,11,15H,1,5-6,9-10,12-14H2,2-3H3. The van der Waals surface area contributed by atoms with E-state index < -0.39 is 39.1 Å². The second kappa shape index (κ2) is 10.4. The summed E-state index contributed by atoms with van der Waals surface area (Å²) in [6, 6.07) is 4.94. The van der Waals surface area contributed by atoms with Gasteiger partial charge in [0.2, 0.25) is 5.91 Å². The Hall–Kier alpha value is -2.79. The maximum Gasteiger partial charge on any atom is 0.337 e. The number of allylic oxidation sites excluding steroid dienone is 1. The van der Waals surface area contributed by atoms with E-state index in [1.54, 1.807) is 33.7 Å². The van der Waals surface area contributed by atoms with E-state index in [9.17, 15) is 22.8 Å². The molecule has 1 atom stereocenters. The molecule has 2 amide bonds. The first-order chi connectivity index (χ1) is 15.6. The molecule has 0 aliphatic carbocycles. The summed E-state index contributed by atoms with van der Waals surface area (Å²) < 4.78 is 32.1. The van der Waals surface area contributed by atoms with Crippen LogP contribution in [-0.4, -0.2) is 67.4 Å². The number of methoxy groups -OCH3 is 1. The SMILES string of the molecule is C=CCn1c(=NC(=O)CS(=O)(=O)CC(=O)N2CCCC(C)C2)sc2cc(C(=O)OC)ccc21. The van der Waals surface area contributed by atoms with Crippen LogP contribution in [0.5, 0.6) is 0 Å². The van der Waals surface area contributed by atoms with Crippen molar-refractivity contribution >= 4 is 49.2 Å². The van der Waals surface area contributed by atoms with Crippen molar-refractivity contribution in [3.63, 3.8) is 0 Å².